The van der Waals surface area contributed by atoms with E-state index < -0.39 is 17.6 Å². The van der Waals surface area contributed by atoms with Gasteiger partial charge in [-0.2, -0.15) is 0 Å². The van der Waals surface area contributed by atoms with Crippen molar-refractivity contribution < 1.29 is 14.0 Å². The minimum atomic E-state index is -0.647. The Morgan fingerprint density at radius 3 is 2.35 bits per heavy atom. The molecule has 0 aromatic heterocycles. The Kier molecular flexibility index (Phi) is 5.42. The monoisotopic (exact) mass is 409 g/mol. The maximum atomic E-state index is 14.2. The van der Waals surface area contributed by atoms with Crippen LogP contribution in [0.4, 0.5) is 10.1 Å². The predicted octanol–water partition coefficient (Wildman–Crippen LogP) is 5.56. The van der Waals surface area contributed by atoms with E-state index in [1.807, 2.05) is 13.8 Å². The van der Waals surface area contributed by atoms with E-state index in [9.17, 15) is 14.0 Å². The maximum Gasteiger partial charge on any atom is 0.272 e. The third-order valence-electron chi connectivity index (χ3n) is 3.69. The van der Waals surface area contributed by atoms with Crippen molar-refractivity contribution in [2.45, 2.75) is 19.1 Å². The van der Waals surface area contributed by atoms with Gasteiger partial charge >= 0.3 is 0 Å². The van der Waals surface area contributed by atoms with Crippen molar-refractivity contribution in [3.8, 4) is 0 Å². The lowest BCUT2D eigenvalue weighted by molar-refractivity contribution is -0.119. The van der Waals surface area contributed by atoms with Gasteiger partial charge in [-0.15, -0.1) is 11.8 Å². The van der Waals surface area contributed by atoms with Gasteiger partial charge in [0.1, 0.15) is 5.82 Å². The summed E-state index contributed by atoms with van der Waals surface area (Å²) in [5.74, 6) is -1.81. The van der Waals surface area contributed by atoms with E-state index in [1.165, 1.54) is 36.0 Å². The van der Waals surface area contributed by atoms with Gasteiger partial charge in [-0.1, -0.05) is 55.2 Å². The van der Waals surface area contributed by atoms with E-state index in [4.69, 9.17) is 23.2 Å². The highest BCUT2D eigenvalue weighted by Gasteiger charge is 2.42. The zero-order valence-electron chi connectivity index (χ0n) is 13.9. The highest BCUT2D eigenvalue weighted by atomic mass is 35.5. The molecule has 2 aromatic carbocycles. The molecule has 0 saturated heterocycles. The molecule has 7 heteroatoms. The highest BCUT2D eigenvalue weighted by Crippen LogP contribution is 2.42. The average Bonchev–Trinajstić information content (AvgIpc) is 2.79. The first-order valence-corrected chi connectivity index (χ1v) is 9.44. The zero-order chi connectivity index (χ0) is 19.0. The lowest BCUT2D eigenvalue weighted by atomic mass is 10.1. The smallest absolute Gasteiger partial charge is 0.268 e. The molecule has 26 heavy (non-hydrogen) atoms. The van der Waals surface area contributed by atoms with Crippen molar-refractivity contribution in [1.82, 2.24) is 0 Å². The number of para-hydroxylation sites is 1. The molecule has 2 amide bonds. The van der Waals surface area contributed by atoms with Gasteiger partial charge in [-0.05, 0) is 24.3 Å². The van der Waals surface area contributed by atoms with Gasteiger partial charge < -0.3 is 0 Å². The minimum absolute atomic E-state index is 0.0448. The minimum Gasteiger partial charge on any atom is -0.268 e. The first kappa shape index (κ1) is 19.0. The second-order valence-electron chi connectivity index (χ2n) is 5.89. The molecule has 0 spiro atoms. The SMILES string of the molecule is CC(C)SC1=C(c2ccc(Cl)cc2Cl)C(=O)N(c2ccccc2F)C1=O. The van der Waals surface area contributed by atoms with Crippen LogP contribution in [0.25, 0.3) is 5.57 Å². The Balaban J connectivity index is 2.18. The van der Waals surface area contributed by atoms with Crippen molar-refractivity contribution in [1.29, 1.82) is 0 Å². The number of benzene rings is 2. The molecule has 1 aliphatic heterocycles. The third-order valence-corrected chi connectivity index (χ3v) is 5.32. The van der Waals surface area contributed by atoms with Gasteiger partial charge in [0.15, 0.2) is 0 Å². The number of hydrogen-bond acceptors (Lipinski definition) is 3. The number of carbonyl (C=O) groups excluding carboxylic acids is 2. The molecule has 0 unspecified atom stereocenters. The predicted molar refractivity (Wildman–Crippen MR) is 105 cm³/mol. The van der Waals surface area contributed by atoms with Crippen molar-refractivity contribution in [2.24, 2.45) is 0 Å². The highest BCUT2D eigenvalue weighted by molar-refractivity contribution is 8.04. The molecule has 2 aromatic rings. The fraction of sp³-hybridized carbons (Fsp3) is 0.158. The van der Waals surface area contributed by atoms with E-state index in [-0.39, 0.29) is 26.4 Å². The van der Waals surface area contributed by atoms with Crippen LogP contribution in [-0.2, 0) is 9.59 Å². The number of nitrogens with zero attached hydrogens (tertiary/aromatic N) is 1. The van der Waals surface area contributed by atoms with Gasteiger partial charge in [0.2, 0.25) is 0 Å². The summed E-state index contributed by atoms with van der Waals surface area (Å²) in [6.45, 7) is 3.81. The van der Waals surface area contributed by atoms with Crippen LogP contribution in [0.2, 0.25) is 10.0 Å². The summed E-state index contributed by atoms with van der Waals surface area (Å²) in [6.07, 6.45) is 0. The summed E-state index contributed by atoms with van der Waals surface area (Å²) in [5, 5.41) is 0.717. The van der Waals surface area contributed by atoms with Gasteiger partial charge in [0, 0.05) is 15.8 Å². The van der Waals surface area contributed by atoms with E-state index in [2.05, 4.69) is 0 Å². The first-order valence-electron chi connectivity index (χ1n) is 7.81. The largest absolute Gasteiger partial charge is 0.272 e. The lowest BCUT2D eigenvalue weighted by Crippen LogP contribution is -2.32. The maximum absolute atomic E-state index is 14.2. The molecular weight excluding hydrogens is 396 g/mol. The van der Waals surface area contributed by atoms with E-state index in [1.54, 1.807) is 18.2 Å². The average molecular weight is 410 g/mol. The second-order valence-corrected chi connectivity index (χ2v) is 8.32. The fourth-order valence-electron chi connectivity index (χ4n) is 2.64. The summed E-state index contributed by atoms with van der Waals surface area (Å²) < 4.78 is 14.2. The van der Waals surface area contributed by atoms with E-state index >= 15 is 0 Å². The van der Waals surface area contributed by atoms with Crippen LogP contribution in [-0.4, -0.2) is 17.1 Å². The standard InChI is InChI=1S/C19H14Cl2FNO2S/c1-10(2)26-17-16(12-8-7-11(20)9-13(12)21)18(24)23(19(17)25)15-6-4-3-5-14(15)22/h3-10H,1-2H3. The molecule has 0 N–H and O–H groups in total. The number of rotatable bonds is 4. The van der Waals surface area contributed by atoms with Crippen LogP contribution < -0.4 is 4.90 Å². The van der Waals surface area contributed by atoms with E-state index in [0.29, 0.717) is 10.6 Å². The van der Waals surface area contributed by atoms with Gasteiger partial charge in [0.05, 0.1) is 21.2 Å². The van der Waals surface area contributed by atoms with Crippen LogP contribution in [0.15, 0.2) is 47.4 Å². The molecule has 0 fully saturated rings. The van der Waals surface area contributed by atoms with Gasteiger partial charge in [-0.25, -0.2) is 9.29 Å². The molecule has 3 rings (SSSR count). The van der Waals surface area contributed by atoms with Crippen molar-refractivity contribution in [3.63, 3.8) is 0 Å². The summed E-state index contributed by atoms with van der Waals surface area (Å²) in [6, 6.07) is 10.4. The van der Waals surface area contributed by atoms with Crippen LogP contribution >= 0.6 is 35.0 Å². The molecule has 1 aliphatic rings. The number of imide groups is 1. The van der Waals surface area contributed by atoms with Crippen LogP contribution in [0.5, 0.6) is 0 Å². The third kappa shape index (κ3) is 3.39. The molecule has 0 atom stereocenters. The fourth-order valence-corrected chi connectivity index (χ4v) is 4.12. The summed E-state index contributed by atoms with van der Waals surface area (Å²) in [4.78, 5) is 27.1. The quantitative estimate of drug-likeness (QED) is 0.620. The first-order chi connectivity index (χ1) is 12.3. The molecule has 0 aliphatic carbocycles. The van der Waals surface area contributed by atoms with Crippen LogP contribution in [0.3, 0.4) is 0 Å². The number of amides is 2. The Hall–Kier alpha value is -1.82. The Bertz CT molecular complexity index is 943. The Morgan fingerprint density at radius 1 is 1.04 bits per heavy atom. The second kappa shape index (κ2) is 7.43. The van der Waals surface area contributed by atoms with Gasteiger partial charge in [0.25, 0.3) is 11.8 Å². The normalized spacial score (nSPS) is 14.8. The molecular formula is C19H14Cl2FNO2S. The Morgan fingerprint density at radius 2 is 1.73 bits per heavy atom. The lowest BCUT2D eigenvalue weighted by Gasteiger charge is -2.16. The summed E-state index contributed by atoms with van der Waals surface area (Å²) in [7, 11) is 0. The molecule has 134 valence electrons. The summed E-state index contributed by atoms with van der Waals surface area (Å²) in [5.41, 5.74) is 0.486. The van der Waals surface area contributed by atoms with Crippen molar-refractivity contribution in [3.05, 3.63) is 68.8 Å². The van der Waals surface area contributed by atoms with Crippen LogP contribution in [0.1, 0.15) is 19.4 Å². The summed E-state index contributed by atoms with van der Waals surface area (Å²) >= 11 is 13.5. The van der Waals surface area contributed by atoms with Crippen LogP contribution in [0, 0.1) is 5.82 Å². The number of halogens is 3. The molecule has 3 nitrogen and oxygen atoms in total. The van der Waals surface area contributed by atoms with Crippen molar-refractivity contribution in [2.75, 3.05) is 4.90 Å². The molecule has 0 saturated carbocycles. The van der Waals surface area contributed by atoms with Crippen molar-refractivity contribution >= 4 is 58.0 Å². The molecule has 0 radical (unpaired) electrons. The van der Waals surface area contributed by atoms with Gasteiger partial charge in [-0.3, -0.25) is 9.59 Å². The zero-order valence-corrected chi connectivity index (χ0v) is 16.3. The molecule has 1 heterocycles. The topological polar surface area (TPSA) is 37.4 Å². The molecule has 0 bridgehead atoms. The Labute approximate surface area is 164 Å². The number of anilines is 1. The number of thioether (sulfide) groups is 1. The number of hydrogen-bond donors (Lipinski definition) is 0. The van der Waals surface area contributed by atoms with E-state index in [0.717, 1.165) is 4.90 Å². The number of carbonyl (C=O) groups is 2.